The topological polar surface area (TPSA) is 56.3 Å². The zero-order valence-electron chi connectivity index (χ0n) is 11.6. The van der Waals surface area contributed by atoms with Gasteiger partial charge in [0.1, 0.15) is 6.10 Å². The van der Waals surface area contributed by atoms with E-state index in [9.17, 15) is 0 Å². The lowest BCUT2D eigenvalue weighted by molar-refractivity contribution is 0.137. The third kappa shape index (κ3) is 2.44. The molecule has 3 heterocycles. The molecule has 0 saturated carbocycles. The summed E-state index contributed by atoms with van der Waals surface area (Å²) in [6.07, 6.45) is 3.71. The molecule has 0 amide bonds. The molecule has 0 unspecified atom stereocenters. The van der Waals surface area contributed by atoms with Gasteiger partial charge in [-0.25, -0.2) is 9.97 Å². The average molecular weight is 271 g/mol. The van der Waals surface area contributed by atoms with E-state index >= 15 is 0 Å². The molecular formula is C15H17N3O2. The maximum atomic E-state index is 5.93. The van der Waals surface area contributed by atoms with E-state index in [2.05, 4.69) is 15.3 Å². The number of pyridine rings is 2. The molecule has 20 heavy (non-hydrogen) atoms. The zero-order chi connectivity index (χ0) is 13.9. The summed E-state index contributed by atoms with van der Waals surface area (Å²) in [5, 5.41) is 3.18. The number of nitrogens with one attached hydrogen (secondary N) is 1. The summed E-state index contributed by atoms with van der Waals surface area (Å²) in [5.41, 5.74) is 2.89. The van der Waals surface area contributed by atoms with Crippen LogP contribution in [0.2, 0.25) is 0 Å². The lowest BCUT2D eigenvalue weighted by Crippen LogP contribution is -2.50. The summed E-state index contributed by atoms with van der Waals surface area (Å²) in [6, 6.07) is 5.90. The maximum absolute atomic E-state index is 5.93. The predicted molar refractivity (Wildman–Crippen MR) is 76.0 cm³/mol. The van der Waals surface area contributed by atoms with Crippen molar-refractivity contribution < 1.29 is 9.47 Å². The van der Waals surface area contributed by atoms with E-state index in [-0.39, 0.29) is 6.10 Å². The summed E-state index contributed by atoms with van der Waals surface area (Å²) in [5.74, 6) is 1.21. The Morgan fingerprint density at radius 3 is 2.75 bits per heavy atom. The minimum absolute atomic E-state index is 0.187. The van der Waals surface area contributed by atoms with Gasteiger partial charge in [-0.15, -0.1) is 0 Å². The van der Waals surface area contributed by atoms with Crippen LogP contribution in [-0.2, 0) is 0 Å². The average Bonchev–Trinajstić information content (AvgIpc) is 2.44. The highest BCUT2D eigenvalue weighted by Crippen LogP contribution is 2.34. The molecule has 3 rings (SSSR count). The predicted octanol–water partition coefficient (Wildman–Crippen LogP) is 1.81. The summed E-state index contributed by atoms with van der Waals surface area (Å²) in [6.45, 7) is 3.73. The van der Waals surface area contributed by atoms with E-state index in [1.807, 2.05) is 31.3 Å². The Labute approximate surface area is 118 Å². The van der Waals surface area contributed by atoms with Crippen molar-refractivity contribution in [2.45, 2.75) is 13.0 Å². The van der Waals surface area contributed by atoms with Gasteiger partial charge in [0.2, 0.25) is 11.8 Å². The summed E-state index contributed by atoms with van der Waals surface area (Å²) in [7, 11) is 1.62. The van der Waals surface area contributed by atoms with Gasteiger partial charge in [0.25, 0.3) is 0 Å². The van der Waals surface area contributed by atoms with Crippen molar-refractivity contribution in [3.63, 3.8) is 0 Å². The van der Waals surface area contributed by atoms with Crippen molar-refractivity contribution in [3.05, 3.63) is 36.2 Å². The monoisotopic (exact) mass is 271 g/mol. The minimum atomic E-state index is 0.187. The van der Waals surface area contributed by atoms with Crippen molar-refractivity contribution in [2.75, 3.05) is 20.2 Å². The SMILES string of the molecule is COc1ncccc1-c1cc(C)cnc1OC1CNC1. The maximum Gasteiger partial charge on any atom is 0.221 e. The number of ether oxygens (including phenoxy) is 2. The van der Waals surface area contributed by atoms with Crippen molar-refractivity contribution in [1.29, 1.82) is 0 Å². The molecule has 0 aromatic carbocycles. The molecule has 1 N–H and O–H groups in total. The molecule has 1 aliphatic rings. The van der Waals surface area contributed by atoms with E-state index in [0.717, 1.165) is 29.8 Å². The molecule has 2 aromatic heterocycles. The van der Waals surface area contributed by atoms with Crippen LogP contribution in [0.3, 0.4) is 0 Å². The van der Waals surface area contributed by atoms with Gasteiger partial charge in [0.15, 0.2) is 0 Å². The third-order valence-corrected chi connectivity index (χ3v) is 3.26. The van der Waals surface area contributed by atoms with Crippen LogP contribution in [-0.4, -0.2) is 36.3 Å². The Balaban J connectivity index is 2.03. The van der Waals surface area contributed by atoms with Crippen LogP contribution in [0.5, 0.6) is 11.8 Å². The summed E-state index contributed by atoms with van der Waals surface area (Å²) >= 11 is 0. The third-order valence-electron chi connectivity index (χ3n) is 3.26. The first-order chi connectivity index (χ1) is 9.78. The highest BCUT2D eigenvalue weighted by Gasteiger charge is 2.22. The van der Waals surface area contributed by atoms with Crippen molar-refractivity contribution in [3.8, 4) is 22.9 Å². The Kier molecular flexibility index (Phi) is 3.52. The molecule has 2 aromatic rings. The van der Waals surface area contributed by atoms with E-state index in [4.69, 9.17) is 9.47 Å². The van der Waals surface area contributed by atoms with E-state index in [1.165, 1.54) is 0 Å². The fraction of sp³-hybridized carbons (Fsp3) is 0.333. The summed E-state index contributed by atoms with van der Waals surface area (Å²) in [4.78, 5) is 8.66. The second-order valence-electron chi connectivity index (χ2n) is 4.82. The molecule has 104 valence electrons. The lowest BCUT2D eigenvalue weighted by Gasteiger charge is -2.28. The quantitative estimate of drug-likeness (QED) is 0.919. The number of hydrogen-bond donors (Lipinski definition) is 1. The fourth-order valence-electron chi connectivity index (χ4n) is 2.11. The Hall–Kier alpha value is -2.14. The largest absolute Gasteiger partial charge is 0.481 e. The first-order valence-electron chi connectivity index (χ1n) is 6.61. The van der Waals surface area contributed by atoms with Gasteiger partial charge in [0, 0.05) is 36.6 Å². The van der Waals surface area contributed by atoms with Crippen molar-refractivity contribution in [1.82, 2.24) is 15.3 Å². The van der Waals surface area contributed by atoms with Crippen LogP contribution in [0.15, 0.2) is 30.6 Å². The molecule has 5 heteroatoms. The van der Waals surface area contributed by atoms with Gasteiger partial charge in [-0.3, -0.25) is 0 Å². The number of methoxy groups -OCH3 is 1. The Morgan fingerprint density at radius 2 is 2.05 bits per heavy atom. The molecule has 0 spiro atoms. The van der Waals surface area contributed by atoms with Crippen LogP contribution in [0.1, 0.15) is 5.56 Å². The Morgan fingerprint density at radius 1 is 1.20 bits per heavy atom. The van der Waals surface area contributed by atoms with Crippen LogP contribution < -0.4 is 14.8 Å². The van der Waals surface area contributed by atoms with Gasteiger partial charge >= 0.3 is 0 Å². The molecule has 0 radical (unpaired) electrons. The normalized spacial score (nSPS) is 14.7. The number of aryl methyl sites for hydroxylation is 1. The highest BCUT2D eigenvalue weighted by molar-refractivity contribution is 5.73. The fourth-order valence-corrected chi connectivity index (χ4v) is 2.11. The second-order valence-corrected chi connectivity index (χ2v) is 4.82. The molecule has 0 aliphatic carbocycles. The second kappa shape index (κ2) is 5.46. The highest BCUT2D eigenvalue weighted by atomic mass is 16.5. The van der Waals surface area contributed by atoms with E-state index < -0.39 is 0 Å². The summed E-state index contributed by atoms with van der Waals surface area (Å²) < 4.78 is 11.3. The van der Waals surface area contributed by atoms with Gasteiger partial charge in [-0.2, -0.15) is 0 Å². The van der Waals surface area contributed by atoms with Crippen molar-refractivity contribution in [2.24, 2.45) is 0 Å². The lowest BCUT2D eigenvalue weighted by atomic mass is 10.1. The molecule has 1 fully saturated rings. The zero-order valence-corrected chi connectivity index (χ0v) is 11.6. The van der Waals surface area contributed by atoms with Gasteiger partial charge in [-0.05, 0) is 30.7 Å². The molecular weight excluding hydrogens is 254 g/mol. The number of nitrogens with zero attached hydrogens (tertiary/aromatic N) is 2. The van der Waals surface area contributed by atoms with Crippen LogP contribution in [0, 0.1) is 6.92 Å². The van der Waals surface area contributed by atoms with Crippen LogP contribution in [0.4, 0.5) is 0 Å². The van der Waals surface area contributed by atoms with E-state index in [0.29, 0.717) is 11.8 Å². The first kappa shape index (κ1) is 12.9. The molecule has 1 saturated heterocycles. The van der Waals surface area contributed by atoms with E-state index in [1.54, 1.807) is 13.3 Å². The molecule has 0 atom stereocenters. The van der Waals surface area contributed by atoms with Crippen LogP contribution in [0.25, 0.3) is 11.1 Å². The number of aromatic nitrogens is 2. The van der Waals surface area contributed by atoms with Crippen molar-refractivity contribution >= 4 is 0 Å². The smallest absolute Gasteiger partial charge is 0.221 e. The van der Waals surface area contributed by atoms with Gasteiger partial charge < -0.3 is 14.8 Å². The molecule has 5 nitrogen and oxygen atoms in total. The molecule has 0 bridgehead atoms. The Bertz CT molecular complexity index is 612. The first-order valence-corrected chi connectivity index (χ1v) is 6.61. The standard InChI is InChI=1S/C15H17N3O2/c1-10-6-13(12-4-3-5-17-14(12)19-2)15(18-7-10)20-11-8-16-9-11/h3-7,11,16H,8-9H2,1-2H3. The molecule has 1 aliphatic heterocycles. The van der Waals surface area contributed by atoms with Gasteiger partial charge in [0.05, 0.1) is 7.11 Å². The number of rotatable bonds is 4. The van der Waals surface area contributed by atoms with Gasteiger partial charge in [-0.1, -0.05) is 0 Å². The number of hydrogen-bond acceptors (Lipinski definition) is 5. The van der Waals surface area contributed by atoms with Crippen LogP contribution >= 0.6 is 0 Å². The minimum Gasteiger partial charge on any atom is -0.481 e.